The number of carbonyl (C=O) groups is 4. The summed E-state index contributed by atoms with van der Waals surface area (Å²) in [4.78, 5) is 56.4. The molecule has 3 heterocycles. The number of halogens is 2. The van der Waals surface area contributed by atoms with E-state index in [2.05, 4.69) is 42.6 Å². The van der Waals surface area contributed by atoms with Crippen LogP contribution in [0, 0.1) is 81.8 Å². The van der Waals surface area contributed by atoms with Crippen LogP contribution in [0.25, 0.3) is 64.5 Å². The molecule has 0 aliphatic heterocycles. The molecular weight excluding hydrogens is 1470 g/mol. The van der Waals surface area contributed by atoms with Gasteiger partial charge < -0.3 is 117 Å². The van der Waals surface area contributed by atoms with Crippen molar-refractivity contribution >= 4 is 23.9 Å². The van der Waals surface area contributed by atoms with Crippen molar-refractivity contribution in [1.82, 2.24) is 15.0 Å². The van der Waals surface area contributed by atoms with E-state index < -0.39 is 35.1 Å². The van der Waals surface area contributed by atoms with Gasteiger partial charge >= 0.3 is 23.9 Å². The topological polar surface area (TPSA) is 311 Å². The maximum absolute atomic E-state index is 14.2. The van der Waals surface area contributed by atoms with Gasteiger partial charge in [-0.25, -0.2) is 9.59 Å². The molecule has 21 heteroatoms. The molecule has 72 heavy (non-hydrogen) atoms. The fourth-order valence-electron chi connectivity index (χ4n) is 4.60. The van der Waals surface area contributed by atoms with E-state index in [-0.39, 0.29) is 187 Å². The van der Waals surface area contributed by atoms with Gasteiger partial charge in [0.2, 0.25) is 0 Å². The van der Waals surface area contributed by atoms with Crippen LogP contribution in [-0.2, 0) is 107 Å². The van der Waals surface area contributed by atoms with Crippen LogP contribution in [0.4, 0.5) is 8.78 Å². The largest absolute Gasteiger partial charge is 0.693 e. The van der Waals surface area contributed by atoms with Gasteiger partial charge in [-0.2, -0.15) is 0 Å². The summed E-state index contributed by atoms with van der Waals surface area (Å²) < 4.78 is 46.7. The third kappa shape index (κ3) is 32.5. The van der Waals surface area contributed by atoms with Crippen LogP contribution < -0.4 is 0 Å². The van der Waals surface area contributed by atoms with Crippen LogP contribution in [0.1, 0.15) is 42.3 Å². The Hall–Kier alpha value is -5.40. The SMILES string of the molecule is CC(=O)OCC(=O)OCc1c[c-]c(-c2ccccn2)cc1.CC(=O)OCc1c[c-]c(-c2ccccn2)cc1.CCOC(=O)c1c(F)c[c-]c(-c2ccccn2)c1F.[CH3-].[CH3-].[CH3-].[CH3-].[CH3-].[CH3-].[CH3-].[Ir].[Ir].[Ir].[NH2-].[NH2-].[NH2-].[NH2-].[NH2-]. The Kier molecular flexibility index (Phi) is 69.3. The predicted octanol–water partition coefficient (Wildman–Crippen LogP) is 14.5. The van der Waals surface area contributed by atoms with Gasteiger partial charge in [-0.3, -0.25) is 18.4 Å². The monoisotopic (exact) mass is 1540 g/mol. The molecule has 0 spiro atoms. The molecule has 6 aromatic rings. The third-order valence-corrected chi connectivity index (χ3v) is 7.29. The number of hydrogen-bond donors (Lipinski definition) is 0. The molecule has 0 unspecified atom stereocenters. The van der Waals surface area contributed by atoms with E-state index in [9.17, 15) is 28.0 Å². The summed E-state index contributed by atoms with van der Waals surface area (Å²) >= 11 is 0. The second-order valence-electron chi connectivity index (χ2n) is 11.5. The molecule has 0 aliphatic rings. The van der Waals surface area contributed by atoms with Gasteiger partial charge in [0, 0.05) is 98.3 Å². The summed E-state index contributed by atoms with van der Waals surface area (Å²) in [7, 11) is 0. The number of nitrogens with zero attached hydrogens (tertiary/aromatic N) is 3. The number of benzene rings is 3. The first-order valence-electron chi connectivity index (χ1n) is 17.3. The van der Waals surface area contributed by atoms with Crippen LogP contribution in [-0.4, -0.2) is 52.0 Å². The van der Waals surface area contributed by atoms with Gasteiger partial charge in [-0.05, 0) is 42.2 Å². The van der Waals surface area contributed by atoms with Gasteiger partial charge in [-0.1, -0.05) is 53.1 Å². The molecule has 0 saturated heterocycles. The second-order valence-corrected chi connectivity index (χ2v) is 11.5. The average Bonchev–Trinajstić information content (AvgIpc) is 3.23. The fraction of sp³-hybridized carbons (Fsp3) is 0.137. The number of ether oxygens (including phenoxy) is 4. The van der Waals surface area contributed by atoms with Crippen molar-refractivity contribution in [3.05, 3.63) is 245 Å². The maximum Gasteiger partial charge on any atom is 0.343 e. The minimum atomic E-state index is -1.04. The summed E-state index contributed by atoms with van der Waals surface area (Å²) in [6.07, 6.45) is 4.93. The number of rotatable bonds is 11. The first-order valence-corrected chi connectivity index (χ1v) is 17.3. The molecule has 3 aromatic heterocycles. The zero-order valence-electron chi connectivity index (χ0n) is 42.0. The van der Waals surface area contributed by atoms with Gasteiger partial charge in [-0.15, -0.1) is 71.8 Å². The van der Waals surface area contributed by atoms with Crippen molar-refractivity contribution < 1.29 is 107 Å². The molecule has 0 atom stereocenters. The number of esters is 4. The molecular formula is C51H67F2Ir3N8O8-15. The normalized spacial score (nSPS) is 7.96. The first kappa shape index (κ1) is 96.1. The van der Waals surface area contributed by atoms with E-state index in [1.165, 1.54) is 20.0 Å². The summed E-state index contributed by atoms with van der Waals surface area (Å²) in [5.41, 5.74) is 4.70. The minimum Gasteiger partial charge on any atom is -0.693 e. The van der Waals surface area contributed by atoms with Gasteiger partial charge in [0.15, 0.2) is 6.61 Å². The van der Waals surface area contributed by atoms with Gasteiger partial charge in [0.25, 0.3) is 0 Å². The summed E-state index contributed by atoms with van der Waals surface area (Å²) in [5, 5.41) is 0. The molecule has 0 bridgehead atoms. The molecule has 6 rings (SSSR count). The Morgan fingerprint density at radius 2 is 0.917 bits per heavy atom. The number of hydrogen-bond acceptors (Lipinski definition) is 11. The van der Waals surface area contributed by atoms with E-state index in [0.29, 0.717) is 0 Å². The Balaban J connectivity index is -0.0000000682. The van der Waals surface area contributed by atoms with Crippen molar-refractivity contribution in [3.63, 3.8) is 0 Å². The summed E-state index contributed by atoms with van der Waals surface area (Å²) in [6, 6.07) is 36.9. The standard InChI is InChI=1S/C16H14NO4.C14H10F2NO2.C14H12NO2.7CH3.3Ir.5H2N/c1-12(18)20-11-16(19)21-10-13-5-7-14(8-6-13)15-4-2-3-9-17-15;1-2-19-14(18)12-10(15)7-6-9(13(12)16)11-5-3-4-8-17-11;1-11(16)17-10-12-5-7-13(8-6-12)14-4-2-3-9-15-14;;;;;;;;;;;;;;;/h2-7,9H,10-11H2,1H3;3-5,7-8H,2H2,1H3;2-7,9H,10H2,1H3;7*1H3;;;;5*1H2/q10*-1;;;;5*-1. The molecule has 10 N–H and O–H groups in total. The van der Waals surface area contributed by atoms with Crippen molar-refractivity contribution in [1.29, 1.82) is 0 Å². The van der Waals surface area contributed by atoms with E-state index in [1.807, 2.05) is 66.7 Å². The summed E-state index contributed by atoms with van der Waals surface area (Å²) in [5.74, 6) is -4.44. The molecule has 415 valence electrons. The minimum absolute atomic E-state index is 0. The van der Waals surface area contributed by atoms with Crippen molar-refractivity contribution in [2.75, 3.05) is 13.2 Å². The number of carbonyl (C=O) groups excluding carboxylic acids is 4. The second kappa shape index (κ2) is 51.9. The Labute approximate surface area is 469 Å². The van der Waals surface area contributed by atoms with Crippen LogP contribution in [0.5, 0.6) is 0 Å². The Bertz CT molecular complexity index is 2250. The van der Waals surface area contributed by atoms with Crippen molar-refractivity contribution in [2.45, 2.75) is 34.0 Å². The smallest absolute Gasteiger partial charge is 0.343 e. The van der Waals surface area contributed by atoms with Crippen molar-refractivity contribution in [3.8, 4) is 33.8 Å². The maximum atomic E-state index is 14.2. The van der Waals surface area contributed by atoms with Crippen LogP contribution >= 0.6 is 0 Å². The van der Waals surface area contributed by atoms with Crippen LogP contribution in [0.2, 0.25) is 0 Å². The molecule has 0 fully saturated rings. The van der Waals surface area contributed by atoms with Gasteiger partial charge in [0.05, 0.1) is 31.5 Å². The molecule has 16 nitrogen and oxygen atoms in total. The van der Waals surface area contributed by atoms with Gasteiger partial charge in [0.1, 0.15) is 0 Å². The quantitative estimate of drug-likeness (QED) is 0.0667. The van der Waals surface area contributed by atoms with E-state index >= 15 is 0 Å². The summed E-state index contributed by atoms with van der Waals surface area (Å²) in [6.45, 7) is 4.25. The fourth-order valence-corrected chi connectivity index (χ4v) is 4.60. The van der Waals surface area contributed by atoms with Crippen LogP contribution in [0.15, 0.2) is 116 Å². The first-order chi connectivity index (χ1) is 27.5. The van der Waals surface area contributed by atoms with E-state index in [4.69, 9.17) is 9.47 Å². The predicted molar refractivity (Wildman–Crippen MR) is 275 cm³/mol. The number of aromatic nitrogens is 3. The van der Waals surface area contributed by atoms with Crippen molar-refractivity contribution in [2.24, 2.45) is 0 Å². The molecule has 0 saturated carbocycles. The number of nitrogens with two attached hydrogens (primary N) is 5. The van der Waals surface area contributed by atoms with Crippen LogP contribution in [0.3, 0.4) is 0 Å². The Morgan fingerprint density at radius 1 is 0.514 bits per heavy atom. The Morgan fingerprint density at radius 3 is 1.26 bits per heavy atom. The van der Waals surface area contributed by atoms with E-state index in [1.54, 1.807) is 43.6 Å². The zero-order chi connectivity index (χ0) is 41.0. The molecule has 0 aliphatic carbocycles. The average molecular weight is 1530 g/mol. The zero-order valence-corrected chi connectivity index (χ0v) is 49.2. The third-order valence-electron chi connectivity index (χ3n) is 7.29. The molecule has 3 aromatic carbocycles. The molecule has 3 radical (unpaired) electrons. The van der Waals surface area contributed by atoms with E-state index in [0.717, 1.165) is 39.7 Å². The number of pyridine rings is 3. The molecule has 0 amide bonds.